The highest BCUT2D eigenvalue weighted by Gasteiger charge is 2.16. The summed E-state index contributed by atoms with van der Waals surface area (Å²) in [7, 11) is 0. The van der Waals surface area contributed by atoms with Crippen molar-refractivity contribution >= 4 is 5.97 Å². The number of hydrogen-bond acceptors (Lipinski definition) is 4. The maximum absolute atomic E-state index is 11.4. The molecule has 0 bridgehead atoms. The van der Waals surface area contributed by atoms with Crippen molar-refractivity contribution in [2.45, 2.75) is 45.6 Å². The Balaban J connectivity index is 2.01. The van der Waals surface area contributed by atoms with Crippen molar-refractivity contribution in [2.24, 2.45) is 5.92 Å². The third kappa shape index (κ3) is 7.34. The van der Waals surface area contributed by atoms with Gasteiger partial charge >= 0.3 is 5.97 Å². The van der Waals surface area contributed by atoms with Crippen LogP contribution >= 0.6 is 0 Å². The molecule has 0 aromatic carbocycles. The molecule has 1 fully saturated rings. The Hall–Kier alpha value is -0.610. The van der Waals surface area contributed by atoms with E-state index in [0.29, 0.717) is 18.9 Å². The van der Waals surface area contributed by atoms with Crippen LogP contribution < -0.4 is 5.32 Å². The first kappa shape index (κ1) is 14.5. The molecule has 1 saturated heterocycles. The van der Waals surface area contributed by atoms with E-state index in [4.69, 9.17) is 9.47 Å². The number of hydrogen-bond donors (Lipinski definition) is 1. The van der Waals surface area contributed by atoms with Crippen molar-refractivity contribution in [3.63, 3.8) is 0 Å². The Morgan fingerprint density at radius 1 is 1.35 bits per heavy atom. The van der Waals surface area contributed by atoms with Crippen molar-refractivity contribution in [3.05, 3.63) is 0 Å². The molecule has 4 nitrogen and oxygen atoms in total. The topological polar surface area (TPSA) is 47.6 Å². The standard InChI is InChI=1S/C13H25NO3/c1-13(2,3)17-12(15)4-7-14-10-11-5-8-16-9-6-11/h11,14H,4-10H2,1-3H3. The molecule has 17 heavy (non-hydrogen) atoms. The molecule has 0 spiro atoms. The van der Waals surface area contributed by atoms with Crippen LogP contribution in [0.1, 0.15) is 40.0 Å². The van der Waals surface area contributed by atoms with Gasteiger partial charge in [-0.05, 0) is 46.1 Å². The smallest absolute Gasteiger partial charge is 0.307 e. The quantitative estimate of drug-likeness (QED) is 0.590. The average molecular weight is 243 g/mol. The molecule has 0 saturated carbocycles. The monoisotopic (exact) mass is 243 g/mol. The molecule has 1 aliphatic heterocycles. The van der Waals surface area contributed by atoms with Crippen molar-refractivity contribution in [1.82, 2.24) is 5.32 Å². The summed E-state index contributed by atoms with van der Waals surface area (Å²) < 4.78 is 10.5. The third-order valence-electron chi connectivity index (χ3n) is 2.70. The van der Waals surface area contributed by atoms with Gasteiger partial charge in [-0.3, -0.25) is 4.79 Å². The number of rotatable bonds is 5. The Morgan fingerprint density at radius 2 is 2.00 bits per heavy atom. The minimum atomic E-state index is -0.377. The Morgan fingerprint density at radius 3 is 2.59 bits per heavy atom. The van der Waals surface area contributed by atoms with Crippen LogP contribution in [0.5, 0.6) is 0 Å². The summed E-state index contributed by atoms with van der Waals surface area (Å²) in [5.41, 5.74) is -0.377. The minimum Gasteiger partial charge on any atom is -0.460 e. The van der Waals surface area contributed by atoms with Gasteiger partial charge in [-0.15, -0.1) is 0 Å². The van der Waals surface area contributed by atoms with Gasteiger partial charge in [0.2, 0.25) is 0 Å². The van der Waals surface area contributed by atoms with E-state index >= 15 is 0 Å². The van der Waals surface area contributed by atoms with E-state index < -0.39 is 0 Å². The van der Waals surface area contributed by atoms with Crippen molar-refractivity contribution in [2.75, 3.05) is 26.3 Å². The molecular weight excluding hydrogens is 218 g/mol. The van der Waals surface area contributed by atoms with Gasteiger partial charge in [-0.2, -0.15) is 0 Å². The number of ether oxygens (including phenoxy) is 2. The molecule has 1 heterocycles. The first-order valence-corrected chi connectivity index (χ1v) is 6.48. The highest BCUT2D eigenvalue weighted by atomic mass is 16.6. The van der Waals surface area contributed by atoms with E-state index in [9.17, 15) is 4.79 Å². The number of nitrogens with one attached hydrogen (secondary N) is 1. The van der Waals surface area contributed by atoms with Crippen LogP contribution in [0.3, 0.4) is 0 Å². The van der Waals surface area contributed by atoms with E-state index in [-0.39, 0.29) is 11.6 Å². The van der Waals surface area contributed by atoms with Gasteiger partial charge in [0.15, 0.2) is 0 Å². The second kappa shape index (κ2) is 6.97. The molecule has 0 aromatic rings. The van der Waals surface area contributed by atoms with Crippen LogP contribution in [-0.2, 0) is 14.3 Å². The second-order valence-corrected chi connectivity index (χ2v) is 5.60. The van der Waals surface area contributed by atoms with E-state index in [1.165, 1.54) is 0 Å². The van der Waals surface area contributed by atoms with Crippen LogP contribution in [0.15, 0.2) is 0 Å². The normalized spacial score (nSPS) is 18.1. The van der Waals surface area contributed by atoms with Gasteiger partial charge in [-0.25, -0.2) is 0 Å². The fourth-order valence-electron chi connectivity index (χ4n) is 1.84. The van der Waals surface area contributed by atoms with Gasteiger partial charge < -0.3 is 14.8 Å². The zero-order valence-electron chi connectivity index (χ0n) is 11.3. The number of carbonyl (C=O) groups excluding carboxylic acids is 1. The lowest BCUT2D eigenvalue weighted by molar-refractivity contribution is -0.154. The molecule has 1 rings (SSSR count). The summed E-state index contributed by atoms with van der Waals surface area (Å²) >= 11 is 0. The van der Waals surface area contributed by atoms with E-state index in [1.54, 1.807) is 0 Å². The fourth-order valence-corrected chi connectivity index (χ4v) is 1.84. The highest BCUT2D eigenvalue weighted by molar-refractivity contribution is 5.70. The zero-order valence-corrected chi connectivity index (χ0v) is 11.3. The molecule has 0 radical (unpaired) electrons. The first-order valence-electron chi connectivity index (χ1n) is 6.48. The fraction of sp³-hybridized carbons (Fsp3) is 0.923. The van der Waals surface area contributed by atoms with Crippen LogP contribution in [0.2, 0.25) is 0 Å². The summed E-state index contributed by atoms with van der Waals surface area (Å²) in [6, 6.07) is 0. The predicted octanol–water partition coefficient (Wildman–Crippen LogP) is 1.73. The molecular formula is C13H25NO3. The van der Waals surface area contributed by atoms with E-state index in [2.05, 4.69) is 5.32 Å². The van der Waals surface area contributed by atoms with Crippen LogP contribution in [0, 0.1) is 5.92 Å². The van der Waals surface area contributed by atoms with Crippen molar-refractivity contribution < 1.29 is 14.3 Å². The molecule has 0 aromatic heterocycles. The maximum Gasteiger partial charge on any atom is 0.307 e. The summed E-state index contributed by atoms with van der Waals surface area (Å²) in [6.45, 7) is 9.09. The minimum absolute atomic E-state index is 0.128. The molecule has 4 heteroatoms. The molecule has 1 N–H and O–H groups in total. The van der Waals surface area contributed by atoms with E-state index in [0.717, 1.165) is 32.6 Å². The van der Waals surface area contributed by atoms with Crippen LogP contribution in [0.25, 0.3) is 0 Å². The molecule has 0 amide bonds. The molecule has 1 aliphatic rings. The molecule has 0 unspecified atom stereocenters. The lowest BCUT2D eigenvalue weighted by Crippen LogP contribution is -2.31. The van der Waals surface area contributed by atoms with Gasteiger partial charge in [0.25, 0.3) is 0 Å². The largest absolute Gasteiger partial charge is 0.460 e. The van der Waals surface area contributed by atoms with Crippen LogP contribution in [0.4, 0.5) is 0 Å². The zero-order chi connectivity index (χ0) is 12.7. The first-order chi connectivity index (χ1) is 7.97. The SMILES string of the molecule is CC(C)(C)OC(=O)CCNCC1CCOCC1. The van der Waals surface area contributed by atoms with Gasteiger partial charge in [0.05, 0.1) is 6.42 Å². The lowest BCUT2D eigenvalue weighted by atomic mass is 10.0. The average Bonchev–Trinajstić information content (AvgIpc) is 2.23. The molecule has 100 valence electrons. The second-order valence-electron chi connectivity index (χ2n) is 5.60. The number of carbonyl (C=O) groups is 1. The summed E-state index contributed by atoms with van der Waals surface area (Å²) in [4.78, 5) is 11.4. The van der Waals surface area contributed by atoms with Gasteiger partial charge in [0, 0.05) is 19.8 Å². The summed E-state index contributed by atoms with van der Waals surface area (Å²) in [5.74, 6) is 0.569. The van der Waals surface area contributed by atoms with Gasteiger partial charge in [0.1, 0.15) is 5.60 Å². The van der Waals surface area contributed by atoms with Gasteiger partial charge in [-0.1, -0.05) is 0 Å². The van der Waals surface area contributed by atoms with Crippen molar-refractivity contribution in [1.29, 1.82) is 0 Å². The third-order valence-corrected chi connectivity index (χ3v) is 2.70. The Labute approximate surface area is 104 Å². The summed E-state index contributed by atoms with van der Waals surface area (Å²) in [6.07, 6.45) is 2.69. The molecule has 0 atom stereocenters. The number of esters is 1. The lowest BCUT2D eigenvalue weighted by Gasteiger charge is -2.22. The van der Waals surface area contributed by atoms with E-state index in [1.807, 2.05) is 20.8 Å². The maximum atomic E-state index is 11.4. The van der Waals surface area contributed by atoms with Crippen molar-refractivity contribution in [3.8, 4) is 0 Å². The Bertz CT molecular complexity index is 229. The molecule has 0 aliphatic carbocycles. The Kier molecular flexibility index (Phi) is 5.92. The summed E-state index contributed by atoms with van der Waals surface area (Å²) in [5, 5.41) is 3.32. The van der Waals surface area contributed by atoms with Crippen LogP contribution in [-0.4, -0.2) is 37.9 Å². The predicted molar refractivity (Wildman–Crippen MR) is 66.9 cm³/mol. The highest BCUT2D eigenvalue weighted by Crippen LogP contribution is 2.13.